The summed E-state index contributed by atoms with van der Waals surface area (Å²) in [5.41, 5.74) is 10.7. The molecule has 0 saturated carbocycles. The molecule has 4 aromatic carbocycles. The second-order valence-corrected chi connectivity index (χ2v) is 9.88. The molecular formula is C33H24N2. The zero-order valence-electron chi connectivity index (χ0n) is 19.8. The lowest BCUT2D eigenvalue weighted by Crippen LogP contribution is -2.16. The lowest BCUT2D eigenvalue weighted by molar-refractivity contribution is 0.662. The Morgan fingerprint density at radius 1 is 0.629 bits per heavy atom. The van der Waals surface area contributed by atoms with Crippen molar-refractivity contribution in [3.05, 3.63) is 121 Å². The van der Waals surface area contributed by atoms with Crippen LogP contribution in [-0.2, 0) is 5.41 Å². The van der Waals surface area contributed by atoms with E-state index >= 15 is 0 Å². The molecule has 0 fully saturated rings. The lowest BCUT2D eigenvalue weighted by atomic mass is 9.78. The SMILES string of the molecule is CC1(C)c2ccccc2-c2nc3c(ccc4ccccc43)c(-c3ccc(-c4cccnc4)cc3)c21. The van der Waals surface area contributed by atoms with Crippen molar-refractivity contribution in [3.8, 4) is 33.5 Å². The molecule has 0 unspecified atom stereocenters. The first-order valence-electron chi connectivity index (χ1n) is 12.1. The van der Waals surface area contributed by atoms with E-state index in [1.807, 2.05) is 18.5 Å². The molecule has 0 N–H and O–H groups in total. The van der Waals surface area contributed by atoms with Gasteiger partial charge in [-0.1, -0.05) is 105 Å². The van der Waals surface area contributed by atoms with E-state index in [0.29, 0.717) is 0 Å². The molecule has 2 heteroatoms. The maximum absolute atomic E-state index is 5.36. The third kappa shape index (κ3) is 2.90. The van der Waals surface area contributed by atoms with Crippen LogP contribution in [0.1, 0.15) is 25.0 Å². The number of rotatable bonds is 2. The quantitative estimate of drug-likeness (QED) is 0.248. The highest BCUT2D eigenvalue weighted by Gasteiger charge is 2.39. The van der Waals surface area contributed by atoms with E-state index in [0.717, 1.165) is 16.8 Å². The van der Waals surface area contributed by atoms with Gasteiger partial charge in [-0.15, -0.1) is 0 Å². The normalized spacial score (nSPS) is 13.7. The van der Waals surface area contributed by atoms with Crippen molar-refractivity contribution in [1.82, 2.24) is 9.97 Å². The van der Waals surface area contributed by atoms with E-state index < -0.39 is 0 Å². The van der Waals surface area contributed by atoms with E-state index in [1.165, 1.54) is 49.5 Å². The van der Waals surface area contributed by atoms with E-state index in [2.05, 4.69) is 110 Å². The minimum absolute atomic E-state index is 0.143. The number of benzene rings is 4. The first kappa shape index (κ1) is 20.1. The Hall–Kier alpha value is -4.30. The fraction of sp³-hybridized carbons (Fsp3) is 0.0909. The first-order valence-corrected chi connectivity index (χ1v) is 12.1. The van der Waals surface area contributed by atoms with E-state index in [1.54, 1.807) is 0 Å². The topological polar surface area (TPSA) is 25.8 Å². The van der Waals surface area contributed by atoms with Crippen LogP contribution in [0.4, 0.5) is 0 Å². The molecule has 1 aliphatic rings. The summed E-state index contributed by atoms with van der Waals surface area (Å²) < 4.78 is 0. The van der Waals surface area contributed by atoms with Gasteiger partial charge in [-0.05, 0) is 44.8 Å². The summed E-state index contributed by atoms with van der Waals surface area (Å²) in [5.74, 6) is 0. The number of pyridine rings is 2. The smallest absolute Gasteiger partial charge is 0.0794 e. The Morgan fingerprint density at radius 2 is 1.40 bits per heavy atom. The van der Waals surface area contributed by atoms with Crippen molar-refractivity contribution in [2.75, 3.05) is 0 Å². The predicted molar refractivity (Wildman–Crippen MR) is 145 cm³/mol. The number of fused-ring (bicyclic) bond motifs is 6. The molecular weight excluding hydrogens is 424 g/mol. The van der Waals surface area contributed by atoms with Crippen LogP contribution in [-0.4, -0.2) is 9.97 Å². The average molecular weight is 449 g/mol. The van der Waals surface area contributed by atoms with Gasteiger partial charge < -0.3 is 0 Å². The van der Waals surface area contributed by atoms with Crippen LogP contribution < -0.4 is 0 Å². The van der Waals surface area contributed by atoms with Gasteiger partial charge in [0.05, 0.1) is 11.2 Å². The number of nitrogens with zero attached hydrogens (tertiary/aromatic N) is 2. The molecule has 2 heterocycles. The predicted octanol–water partition coefficient (Wildman–Crippen LogP) is 8.42. The number of aromatic nitrogens is 2. The molecule has 0 spiro atoms. The molecule has 7 rings (SSSR count). The second-order valence-electron chi connectivity index (χ2n) is 9.88. The largest absolute Gasteiger partial charge is 0.264 e. The first-order chi connectivity index (χ1) is 17.1. The Bertz CT molecular complexity index is 1750. The van der Waals surface area contributed by atoms with Gasteiger partial charge in [0.2, 0.25) is 0 Å². The summed E-state index contributed by atoms with van der Waals surface area (Å²) in [5, 5.41) is 3.62. The number of hydrogen-bond donors (Lipinski definition) is 0. The maximum Gasteiger partial charge on any atom is 0.0794 e. The number of hydrogen-bond acceptors (Lipinski definition) is 2. The van der Waals surface area contributed by atoms with E-state index in [-0.39, 0.29) is 5.41 Å². The molecule has 35 heavy (non-hydrogen) atoms. The van der Waals surface area contributed by atoms with Gasteiger partial charge in [0.1, 0.15) is 0 Å². The Labute approximate surface area is 204 Å². The van der Waals surface area contributed by atoms with Crippen LogP contribution in [0, 0.1) is 0 Å². The Balaban J connectivity index is 1.57. The molecule has 2 nitrogen and oxygen atoms in total. The second kappa shape index (κ2) is 7.35. The zero-order chi connectivity index (χ0) is 23.6. The summed E-state index contributed by atoms with van der Waals surface area (Å²) in [7, 11) is 0. The highest BCUT2D eigenvalue weighted by Crippen LogP contribution is 2.53. The van der Waals surface area contributed by atoms with Gasteiger partial charge in [0.15, 0.2) is 0 Å². The van der Waals surface area contributed by atoms with Crippen LogP contribution in [0.15, 0.2) is 109 Å². The molecule has 0 amide bonds. The summed E-state index contributed by atoms with van der Waals surface area (Å²) >= 11 is 0. The van der Waals surface area contributed by atoms with Crippen molar-refractivity contribution in [2.24, 2.45) is 0 Å². The molecule has 0 radical (unpaired) electrons. The van der Waals surface area contributed by atoms with Crippen LogP contribution in [0.25, 0.3) is 55.2 Å². The Morgan fingerprint density at radius 3 is 2.23 bits per heavy atom. The van der Waals surface area contributed by atoms with Crippen molar-refractivity contribution >= 4 is 21.7 Å². The van der Waals surface area contributed by atoms with E-state index in [4.69, 9.17) is 4.98 Å². The summed E-state index contributed by atoms with van der Waals surface area (Å²) in [4.78, 5) is 9.66. The molecule has 0 saturated heterocycles. The fourth-order valence-corrected chi connectivity index (χ4v) is 5.83. The molecule has 0 bridgehead atoms. The van der Waals surface area contributed by atoms with Crippen LogP contribution in [0.2, 0.25) is 0 Å². The van der Waals surface area contributed by atoms with Crippen LogP contribution in [0.3, 0.4) is 0 Å². The molecule has 0 atom stereocenters. The van der Waals surface area contributed by atoms with E-state index in [9.17, 15) is 0 Å². The van der Waals surface area contributed by atoms with Gasteiger partial charge in [-0.25, -0.2) is 4.98 Å². The van der Waals surface area contributed by atoms with Gasteiger partial charge >= 0.3 is 0 Å². The summed E-state index contributed by atoms with van der Waals surface area (Å²) in [6.45, 7) is 4.67. The molecule has 0 aliphatic heterocycles. The monoisotopic (exact) mass is 448 g/mol. The lowest BCUT2D eigenvalue weighted by Gasteiger charge is -2.25. The highest BCUT2D eigenvalue weighted by atomic mass is 14.7. The minimum atomic E-state index is -0.143. The maximum atomic E-state index is 5.36. The zero-order valence-corrected chi connectivity index (χ0v) is 19.8. The van der Waals surface area contributed by atoms with Gasteiger partial charge in [0.25, 0.3) is 0 Å². The van der Waals surface area contributed by atoms with Crippen molar-refractivity contribution in [1.29, 1.82) is 0 Å². The van der Waals surface area contributed by atoms with Crippen molar-refractivity contribution in [2.45, 2.75) is 19.3 Å². The van der Waals surface area contributed by atoms with Crippen LogP contribution >= 0.6 is 0 Å². The Kier molecular flexibility index (Phi) is 4.22. The summed E-state index contributed by atoms with van der Waals surface area (Å²) in [6.07, 6.45) is 3.73. The molecule has 166 valence electrons. The highest BCUT2D eigenvalue weighted by molar-refractivity contribution is 6.13. The van der Waals surface area contributed by atoms with Gasteiger partial charge in [0, 0.05) is 34.1 Å². The molecule has 1 aliphatic carbocycles. The molecule has 6 aromatic rings. The average Bonchev–Trinajstić information content (AvgIpc) is 3.14. The van der Waals surface area contributed by atoms with Gasteiger partial charge in [-0.3, -0.25) is 4.98 Å². The minimum Gasteiger partial charge on any atom is -0.264 e. The fourth-order valence-electron chi connectivity index (χ4n) is 5.83. The third-order valence-electron chi connectivity index (χ3n) is 7.53. The van der Waals surface area contributed by atoms with Crippen molar-refractivity contribution in [3.63, 3.8) is 0 Å². The standard InChI is InChI=1S/C33H24N2/c1-33(2)28-12-6-5-11-26(28)32-30(33)29(23-15-13-21(14-16-23)24-9-7-19-34-20-24)27-18-17-22-8-3-4-10-25(22)31(27)35-32/h3-20H,1-2H3. The molecule has 2 aromatic heterocycles. The van der Waals surface area contributed by atoms with Crippen molar-refractivity contribution < 1.29 is 0 Å². The van der Waals surface area contributed by atoms with Gasteiger partial charge in [-0.2, -0.15) is 0 Å². The summed E-state index contributed by atoms with van der Waals surface area (Å²) in [6, 6.07) is 34.8. The van der Waals surface area contributed by atoms with Crippen LogP contribution in [0.5, 0.6) is 0 Å². The third-order valence-corrected chi connectivity index (χ3v) is 7.53.